The van der Waals surface area contributed by atoms with Crippen LogP contribution in [-0.4, -0.2) is 49.1 Å². The topological polar surface area (TPSA) is 32.5 Å². The van der Waals surface area contributed by atoms with Gasteiger partial charge in [0.15, 0.2) is 0 Å². The van der Waals surface area contributed by atoms with Gasteiger partial charge in [0.1, 0.15) is 0 Å². The summed E-state index contributed by atoms with van der Waals surface area (Å²) in [6, 6.07) is 9.26. The molecular weight excluding hydrogens is 210 g/mol. The van der Waals surface area contributed by atoms with Crippen molar-refractivity contribution in [1.29, 1.82) is 0 Å². The average Bonchev–Trinajstić information content (AvgIpc) is 2.31. The number of rotatable bonds is 3. The fourth-order valence-electron chi connectivity index (χ4n) is 2.53. The lowest BCUT2D eigenvalue weighted by molar-refractivity contribution is 0.0881. The van der Waals surface area contributed by atoms with Gasteiger partial charge in [0.25, 0.3) is 0 Å². The molecule has 0 spiro atoms. The maximum absolute atomic E-state index is 5.87. The molecule has 1 aromatic carbocycles. The van der Waals surface area contributed by atoms with Gasteiger partial charge in [0.2, 0.25) is 0 Å². The van der Waals surface area contributed by atoms with Crippen molar-refractivity contribution in [1.82, 2.24) is 9.80 Å². The van der Waals surface area contributed by atoms with Crippen LogP contribution in [0.4, 0.5) is 0 Å². The lowest BCUT2D eigenvalue weighted by atomic mass is 10.1. The van der Waals surface area contributed by atoms with Crippen molar-refractivity contribution < 1.29 is 0 Å². The maximum atomic E-state index is 5.87. The Labute approximate surface area is 104 Å². The van der Waals surface area contributed by atoms with E-state index in [9.17, 15) is 0 Å². The standard InChI is InChI=1S/C14H23N3/c1-12-4-3-5-13(8-12)10-17-7-6-16(2)11-14(17)9-15/h3-5,8,14H,6-7,9-11,15H2,1-2H3. The van der Waals surface area contributed by atoms with Crippen LogP contribution in [0.5, 0.6) is 0 Å². The van der Waals surface area contributed by atoms with E-state index in [1.165, 1.54) is 11.1 Å². The number of piperazine rings is 1. The lowest BCUT2D eigenvalue weighted by Crippen LogP contribution is -2.54. The predicted molar refractivity (Wildman–Crippen MR) is 71.9 cm³/mol. The number of benzene rings is 1. The van der Waals surface area contributed by atoms with Gasteiger partial charge in [0.05, 0.1) is 0 Å². The molecule has 0 aliphatic carbocycles. The van der Waals surface area contributed by atoms with Crippen LogP contribution in [-0.2, 0) is 6.54 Å². The Morgan fingerprint density at radius 1 is 1.35 bits per heavy atom. The highest BCUT2D eigenvalue weighted by Gasteiger charge is 2.23. The highest BCUT2D eigenvalue weighted by atomic mass is 15.3. The Morgan fingerprint density at radius 2 is 2.18 bits per heavy atom. The Balaban J connectivity index is 2.02. The summed E-state index contributed by atoms with van der Waals surface area (Å²) in [5.41, 5.74) is 8.60. The summed E-state index contributed by atoms with van der Waals surface area (Å²) in [7, 11) is 2.17. The summed E-state index contributed by atoms with van der Waals surface area (Å²) in [6.07, 6.45) is 0. The number of hydrogen-bond acceptors (Lipinski definition) is 3. The third-order valence-corrected chi connectivity index (χ3v) is 3.55. The van der Waals surface area contributed by atoms with Crippen molar-refractivity contribution in [2.24, 2.45) is 5.73 Å². The third kappa shape index (κ3) is 3.28. The van der Waals surface area contributed by atoms with E-state index in [1.54, 1.807) is 0 Å². The van der Waals surface area contributed by atoms with Crippen molar-refractivity contribution in [2.75, 3.05) is 33.2 Å². The summed E-state index contributed by atoms with van der Waals surface area (Å²) in [6.45, 7) is 7.26. The number of nitrogens with two attached hydrogens (primary N) is 1. The molecule has 1 heterocycles. The average molecular weight is 233 g/mol. The number of nitrogens with zero attached hydrogens (tertiary/aromatic N) is 2. The van der Waals surface area contributed by atoms with Gasteiger partial charge in [-0.1, -0.05) is 29.8 Å². The van der Waals surface area contributed by atoms with E-state index in [-0.39, 0.29) is 0 Å². The molecule has 3 heteroatoms. The molecular formula is C14H23N3. The van der Waals surface area contributed by atoms with Gasteiger partial charge in [-0.2, -0.15) is 0 Å². The first-order chi connectivity index (χ1) is 8.19. The molecule has 1 aromatic rings. The second kappa shape index (κ2) is 5.63. The first kappa shape index (κ1) is 12.6. The molecule has 0 amide bonds. The summed E-state index contributed by atoms with van der Waals surface area (Å²) in [5.74, 6) is 0. The van der Waals surface area contributed by atoms with Crippen molar-refractivity contribution in [3.63, 3.8) is 0 Å². The number of aryl methyl sites for hydroxylation is 1. The number of hydrogen-bond donors (Lipinski definition) is 1. The molecule has 1 fully saturated rings. The van der Waals surface area contributed by atoms with Crippen LogP contribution in [0.15, 0.2) is 24.3 Å². The molecule has 0 bridgehead atoms. The molecule has 0 radical (unpaired) electrons. The van der Waals surface area contributed by atoms with E-state index < -0.39 is 0 Å². The summed E-state index contributed by atoms with van der Waals surface area (Å²) in [4.78, 5) is 4.87. The van der Waals surface area contributed by atoms with Crippen molar-refractivity contribution in [3.05, 3.63) is 35.4 Å². The first-order valence-corrected chi connectivity index (χ1v) is 6.37. The zero-order valence-electron chi connectivity index (χ0n) is 10.9. The summed E-state index contributed by atoms with van der Waals surface area (Å²) < 4.78 is 0. The highest BCUT2D eigenvalue weighted by molar-refractivity contribution is 5.22. The zero-order valence-corrected chi connectivity index (χ0v) is 10.9. The van der Waals surface area contributed by atoms with E-state index in [1.807, 2.05) is 0 Å². The molecule has 1 atom stereocenters. The SMILES string of the molecule is Cc1cccc(CN2CCN(C)CC2CN)c1. The fourth-order valence-corrected chi connectivity index (χ4v) is 2.53. The van der Waals surface area contributed by atoms with Crippen LogP contribution < -0.4 is 5.73 Å². The molecule has 17 heavy (non-hydrogen) atoms. The van der Waals surface area contributed by atoms with Gasteiger partial charge in [0, 0.05) is 38.8 Å². The van der Waals surface area contributed by atoms with Crippen LogP contribution in [0.2, 0.25) is 0 Å². The maximum Gasteiger partial charge on any atom is 0.0349 e. The van der Waals surface area contributed by atoms with Gasteiger partial charge in [-0.25, -0.2) is 0 Å². The van der Waals surface area contributed by atoms with Crippen LogP contribution in [0.3, 0.4) is 0 Å². The van der Waals surface area contributed by atoms with Crippen LogP contribution in [0, 0.1) is 6.92 Å². The molecule has 0 saturated carbocycles. The van der Waals surface area contributed by atoms with Crippen LogP contribution in [0.25, 0.3) is 0 Å². The Kier molecular flexibility index (Phi) is 4.15. The first-order valence-electron chi connectivity index (χ1n) is 6.37. The van der Waals surface area contributed by atoms with Crippen LogP contribution >= 0.6 is 0 Å². The minimum absolute atomic E-state index is 0.495. The predicted octanol–water partition coefficient (Wildman–Crippen LogP) is 1.07. The number of likely N-dealkylation sites (N-methyl/N-ethyl adjacent to an activating group) is 1. The fraction of sp³-hybridized carbons (Fsp3) is 0.571. The van der Waals surface area contributed by atoms with Gasteiger partial charge < -0.3 is 10.6 Å². The minimum Gasteiger partial charge on any atom is -0.329 e. The lowest BCUT2D eigenvalue weighted by Gasteiger charge is -2.39. The Morgan fingerprint density at radius 3 is 2.88 bits per heavy atom. The van der Waals surface area contributed by atoms with Crippen molar-refractivity contribution in [2.45, 2.75) is 19.5 Å². The van der Waals surface area contributed by atoms with E-state index in [4.69, 9.17) is 5.73 Å². The van der Waals surface area contributed by atoms with Crippen molar-refractivity contribution >= 4 is 0 Å². The molecule has 2 rings (SSSR count). The summed E-state index contributed by atoms with van der Waals surface area (Å²) in [5, 5.41) is 0. The van der Waals surface area contributed by atoms with E-state index in [0.717, 1.165) is 32.7 Å². The molecule has 1 aliphatic heterocycles. The second-order valence-electron chi connectivity index (χ2n) is 5.11. The third-order valence-electron chi connectivity index (χ3n) is 3.55. The van der Waals surface area contributed by atoms with Crippen LogP contribution in [0.1, 0.15) is 11.1 Å². The smallest absolute Gasteiger partial charge is 0.0349 e. The van der Waals surface area contributed by atoms with Gasteiger partial charge in [-0.3, -0.25) is 4.90 Å². The molecule has 0 aromatic heterocycles. The van der Waals surface area contributed by atoms with Gasteiger partial charge in [-0.15, -0.1) is 0 Å². The van der Waals surface area contributed by atoms with Crippen molar-refractivity contribution in [3.8, 4) is 0 Å². The van der Waals surface area contributed by atoms with E-state index in [0.29, 0.717) is 6.04 Å². The quantitative estimate of drug-likeness (QED) is 0.847. The highest BCUT2D eigenvalue weighted by Crippen LogP contribution is 2.13. The van der Waals surface area contributed by atoms with E-state index >= 15 is 0 Å². The normalized spacial score (nSPS) is 22.9. The zero-order chi connectivity index (χ0) is 12.3. The van der Waals surface area contributed by atoms with Gasteiger partial charge >= 0.3 is 0 Å². The largest absolute Gasteiger partial charge is 0.329 e. The monoisotopic (exact) mass is 233 g/mol. The van der Waals surface area contributed by atoms with Gasteiger partial charge in [-0.05, 0) is 19.5 Å². The molecule has 94 valence electrons. The summed E-state index contributed by atoms with van der Waals surface area (Å²) >= 11 is 0. The Bertz CT molecular complexity index is 364. The molecule has 3 nitrogen and oxygen atoms in total. The molecule has 1 saturated heterocycles. The molecule has 1 unspecified atom stereocenters. The second-order valence-corrected chi connectivity index (χ2v) is 5.11. The Hall–Kier alpha value is -0.900. The minimum atomic E-state index is 0.495. The molecule has 1 aliphatic rings. The molecule has 2 N–H and O–H groups in total. The van der Waals surface area contributed by atoms with E-state index in [2.05, 4.69) is 48.0 Å².